The SMILES string of the molecule is O=C(c1ccc(Cl)cc1F)C1CCCC(F)(F)C1. The zero-order valence-corrected chi connectivity index (χ0v) is 10.3. The maximum atomic E-state index is 13.6. The summed E-state index contributed by atoms with van der Waals surface area (Å²) in [6, 6.07) is 3.67. The first-order valence-electron chi connectivity index (χ1n) is 5.76. The van der Waals surface area contributed by atoms with Crippen molar-refractivity contribution in [2.75, 3.05) is 0 Å². The van der Waals surface area contributed by atoms with E-state index in [4.69, 9.17) is 11.6 Å². The van der Waals surface area contributed by atoms with Gasteiger partial charge in [0.15, 0.2) is 5.78 Å². The molecule has 1 aromatic rings. The molecule has 2 rings (SSSR count). The molecule has 18 heavy (non-hydrogen) atoms. The van der Waals surface area contributed by atoms with E-state index in [2.05, 4.69) is 0 Å². The lowest BCUT2D eigenvalue weighted by Crippen LogP contribution is -2.30. The quantitative estimate of drug-likeness (QED) is 0.728. The summed E-state index contributed by atoms with van der Waals surface area (Å²) in [7, 11) is 0. The fourth-order valence-electron chi connectivity index (χ4n) is 2.30. The number of ketones is 1. The monoisotopic (exact) mass is 276 g/mol. The van der Waals surface area contributed by atoms with Crippen LogP contribution in [0.25, 0.3) is 0 Å². The van der Waals surface area contributed by atoms with Crippen LogP contribution in [0.3, 0.4) is 0 Å². The van der Waals surface area contributed by atoms with Gasteiger partial charge in [-0.1, -0.05) is 11.6 Å². The number of carbonyl (C=O) groups excluding carboxylic acids is 1. The molecule has 0 saturated heterocycles. The molecule has 0 aliphatic heterocycles. The Balaban J connectivity index is 2.20. The van der Waals surface area contributed by atoms with Gasteiger partial charge in [-0.15, -0.1) is 0 Å². The average molecular weight is 277 g/mol. The van der Waals surface area contributed by atoms with Crippen LogP contribution < -0.4 is 0 Å². The first-order valence-corrected chi connectivity index (χ1v) is 6.14. The van der Waals surface area contributed by atoms with Crippen LogP contribution in [0, 0.1) is 11.7 Å². The average Bonchev–Trinajstić information content (AvgIpc) is 2.27. The van der Waals surface area contributed by atoms with Crippen molar-refractivity contribution in [1.29, 1.82) is 0 Å². The Morgan fingerprint density at radius 3 is 2.72 bits per heavy atom. The molecule has 98 valence electrons. The van der Waals surface area contributed by atoms with Gasteiger partial charge < -0.3 is 0 Å². The molecule has 1 aromatic carbocycles. The van der Waals surface area contributed by atoms with Crippen molar-refractivity contribution < 1.29 is 18.0 Å². The van der Waals surface area contributed by atoms with Gasteiger partial charge in [-0.3, -0.25) is 4.79 Å². The number of hydrogen-bond acceptors (Lipinski definition) is 1. The first kappa shape index (κ1) is 13.4. The standard InChI is InChI=1S/C13H12ClF3O/c14-9-3-4-10(11(15)6-9)12(18)8-2-1-5-13(16,17)7-8/h3-4,6,8H,1-2,5,7H2. The van der Waals surface area contributed by atoms with E-state index in [1.54, 1.807) is 0 Å². The van der Waals surface area contributed by atoms with Crippen LogP contribution >= 0.6 is 11.6 Å². The van der Waals surface area contributed by atoms with Crippen LogP contribution in [0.4, 0.5) is 13.2 Å². The number of alkyl halides is 2. The molecule has 1 fully saturated rings. The molecule has 1 nitrogen and oxygen atoms in total. The normalized spacial score (nSPS) is 22.8. The first-order chi connectivity index (χ1) is 8.39. The Morgan fingerprint density at radius 1 is 1.39 bits per heavy atom. The zero-order valence-electron chi connectivity index (χ0n) is 9.56. The molecule has 0 bridgehead atoms. The fourth-order valence-corrected chi connectivity index (χ4v) is 2.46. The van der Waals surface area contributed by atoms with Crippen molar-refractivity contribution >= 4 is 17.4 Å². The second-order valence-electron chi connectivity index (χ2n) is 4.64. The van der Waals surface area contributed by atoms with Gasteiger partial charge in [0, 0.05) is 23.8 Å². The van der Waals surface area contributed by atoms with Crippen molar-refractivity contribution in [3.05, 3.63) is 34.6 Å². The molecular weight excluding hydrogens is 265 g/mol. The Morgan fingerprint density at radius 2 is 2.11 bits per heavy atom. The maximum absolute atomic E-state index is 13.6. The van der Waals surface area contributed by atoms with E-state index in [1.165, 1.54) is 12.1 Å². The molecule has 0 amide bonds. The van der Waals surface area contributed by atoms with E-state index in [-0.39, 0.29) is 17.0 Å². The molecular formula is C13H12ClF3O. The van der Waals surface area contributed by atoms with Crippen LogP contribution in [-0.4, -0.2) is 11.7 Å². The fraction of sp³-hybridized carbons (Fsp3) is 0.462. The number of carbonyl (C=O) groups is 1. The summed E-state index contributed by atoms with van der Waals surface area (Å²) in [6.07, 6.45) is -0.0110. The summed E-state index contributed by atoms with van der Waals surface area (Å²) < 4.78 is 40.0. The Kier molecular flexibility index (Phi) is 3.66. The highest BCUT2D eigenvalue weighted by atomic mass is 35.5. The third kappa shape index (κ3) is 2.86. The molecule has 0 heterocycles. The van der Waals surface area contributed by atoms with Crippen LogP contribution in [0.15, 0.2) is 18.2 Å². The zero-order chi connectivity index (χ0) is 13.3. The third-order valence-electron chi connectivity index (χ3n) is 3.21. The van der Waals surface area contributed by atoms with Crippen molar-refractivity contribution in [2.45, 2.75) is 31.6 Å². The lowest BCUT2D eigenvalue weighted by molar-refractivity contribution is -0.0478. The minimum atomic E-state index is -2.82. The van der Waals surface area contributed by atoms with Gasteiger partial charge in [-0.2, -0.15) is 0 Å². The topological polar surface area (TPSA) is 17.1 Å². The molecule has 0 N–H and O–H groups in total. The van der Waals surface area contributed by atoms with E-state index < -0.39 is 29.9 Å². The van der Waals surface area contributed by atoms with Crippen molar-refractivity contribution in [1.82, 2.24) is 0 Å². The lowest BCUT2D eigenvalue weighted by Gasteiger charge is -2.27. The van der Waals surface area contributed by atoms with Gasteiger partial charge in [0.05, 0.1) is 5.56 Å². The highest BCUT2D eigenvalue weighted by Crippen LogP contribution is 2.38. The molecule has 0 spiro atoms. The highest BCUT2D eigenvalue weighted by molar-refractivity contribution is 6.30. The molecule has 5 heteroatoms. The predicted molar refractivity (Wildman–Crippen MR) is 62.6 cm³/mol. The third-order valence-corrected chi connectivity index (χ3v) is 3.44. The van der Waals surface area contributed by atoms with Gasteiger partial charge in [0.1, 0.15) is 5.82 Å². The lowest BCUT2D eigenvalue weighted by atomic mass is 9.82. The van der Waals surface area contributed by atoms with Crippen LogP contribution in [0.1, 0.15) is 36.0 Å². The molecule has 0 radical (unpaired) electrons. The number of benzene rings is 1. The number of hydrogen-bond donors (Lipinski definition) is 0. The Bertz CT molecular complexity index is 473. The minimum absolute atomic E-state index is 0.151. The summed E-state index contributed by atoms with van der Waals surface area (Å²) in [5.74, 6) is -4.92. The molecule has 1 unspecified atom stereocenters. The van der Waals surface area contributed by atoms with Crippen molar-refractivity contribution in [2.24, 2.45) is 5.92 Å². The van der Waals surface area contributed by atoms with Crippen LogP contribution in [0.5, 0.6) is 0 Å². The second kappa shape index (κ2) is 4.92. The van der Waals surface area contributed by atoms with Crippen molar-refractivity contribution in [3.63, 3.8) is 0 Å². The summed E-state index contributed by atoms with van der Waals surface area (Å²) in [6.45, 7) is 0. The molecule has 1 aliphatic rings. The van der Waals surface area contributed by atoms with E-state index in [9.17, 15) is 18.0 Å². The Hall–Kier alpha value is -1.03. The van der Waals surface area contributed by atoms with Crippen molar-refractivity contribution in [3.8, 4) is 0 Å². The smallest absolute Gasteiger partial charge is 0.248 e. The highest BCUT2D eigenvalue weighted by Gasteiger charge is 2.39. The Labute approximate surface area is 108 Å². The van der Waals surface area contributed by atoms with E-state index in [1.807, 2.05) is 0 Å². The van der Waals surface area contributed by atoms with Gasteiger partial charge >= 0.3 is 0 Å². The molecule has 1 atom stereocenters. The largest absolute Gasteiger partial charge is 0.294 e. The summed E-state index contributed by atoms with van der Waals surface area (Å²) in [4.78, 5) is 12.0. The van der Waals surface area contributed by atoms with Gasteiger partial charge in [0.25, 0.3) is 0 Å². The van der Waals surface area contributed by atoms with Gasteiger partial charge in [0.2, 0.25) is 5.92 Å². The molecule has 0 aromatic heterocycles. The van der Waals surface area contributed by atoms with Gasteiger partial charge in [-0.25, -0.2) is 13.2 Å². The maximum Gasteiger partial charge on any atom is 0.248 e. The van der Waals surface area contributed by atoms with E-state index >= 15 is 0 Å². The summed E-state index contributed by atoms with van der Waals surface area (Å²) in [5.41, 5.74) is -0.151. The van der Waals surface area contributed by atoms with Crippen LogP contribution in [-0.2, 0) is 0 Å². The summed E-state index contributed by atoms with van der Waals surface area (Å²) in [5, 5.41) is 0.179. The minimum Gasteiger partial charge on any atom is -0.294 e. The number of halogens is 4. The number of Topliss-reactive ketones (excluding diaryl/α,β-unsaturated/α-hetero) is 1. The van der Waals surface area contributed by atoms with E-state index in [0.717, 1.165) is 6.07 Å². The summed E-state index contributed by atoms with van der Waals surface area (Å²) >= 11 is 5.58. The second-order valence-corrected chi connectivity index (χ2v) is 5.07. The molecule has 1 saturated carbocycles. The number of rotatable bonds is 2. The van der Waals surface area contributed by atoms with Crippen LogP contribution in [0.2, 0.25) is 5.02 Å². The van der Waals surface area contributed by atoms with Gasteiger partial charge in [-0.05, 0) is 31.0 Å². The van der Waals surface area contributed by atoms with E-state index in [0.29, 0.717) is 12.8 Å². The predicted octanol–water partition coefficient (Wildman–Crippen LogP) is 4.49. The molecule has 1 aliphatic carbocycles.